The molecule has 1 aliphatic rings. The standard InChI is InChI=1S/C31H22.C4HF9O3S/c1-4-12-22(13-5-1)27-21-28-26-19-11-10-18-25(26)20-29(28)31(24-16-8-3-9-17-24)30(27)23-14-6-2-7-15-23;5-1(6,3(9,10)11)2(7,8)4(12,13)17(14,15)16/h1-19,21H,20H2;(H,14,15,16). The van der Waals surface area contributed by atoms with Gasteiger partial charge < -0.3 is 0 Å². The first-order chi connectivity index (χ1) is 22.4. The summed E-state index contributed by atoms with van der Waals surface area (Å²) >= 11 is 0. The molecule has 0 aromatic heterocycles. The number of hydrogen-bond donors (Lipinski definition) is 1. The molecule has 0 amide bonds. The van der Waals surface area contributed by atoms with Crippen LogP contribution in [0.4, 0.5) is 39.5 Å². The van der Waals surface area contributed by atoms with Crippen molar-refractivity contribution in [1.29, 1.82) is 0 Å². The monoisotopic (exact) mass is 694 g/mol. The molecule has 6 rings (SSSR count). The van der Waals surface area contributed by atoms with E-state index in [1.165, 1.54) is 55.6 Å². The van der Waals surface area contributed by atoms with Crippen LogP contribution in [0.25, 0.3) is 44.5 Å². The van der Waals surface area contributed by atoms with E-state index in [1.54, 1.807) is 0 Å². The summed E-state index contributed by atoms with van der Waals surface area (Å²) in [6, 6.07) is 43.8. The minimum Gasteiger partial charge on any atom is -0.281 e. The maximum Gasteiger partial charge on any atom is 0.460 e. The highest BCUT2D eigenvalue weighted by Gasteiger charge is 2.85. The van der Waals surface area contributed by atoms with Crippen LogP contribution < -0.4 is 0 Å². The molecule has 0 unspecified atom stereocenters. The average molecular weight is 695 g/mol. The molecule has 0 saturated heterocycles. The molecule has 1 N–H and O–H groups in total. The fourth-order valence-electron chi connectivity index (χ4n) is 5.47. The Kier molecular flexibility index (Phi) is 8.99. The lowest BCUT2D eigenvalue weighted by atomic mass is 9.82. The predicted molar refractivity (Wildman–Crippen MR) is 163 cm³/mol. The van der Waals surface area contributed by atoms with Crippen LogP contribution >= 0.6 is 0 Å². The Bertz CT molecular complexity index is 2030. The van der Waals surface area contributed by atoms with Crippen LogP contribution in [0, 0.1) is 0 Å². The lowest BCUT2D eigenvalue weighted by Gasteiger charge is -2.31. The molecular weight excluding hydrogens is 671 g/mol. The smallest absolute Gasteiger partial charge is 0.281 e. The fraction of sp³-hybridized carbons (Fsp3) is 0.143. The zero-order chi connectivity index (χ0) is 35.1. The Labute approximate surface area is 269 Å². The normalized spacial score (nSPS) is 13.3. The highest BCUT2D eigenvalue weighted by Crippen LogP contribution is 2.54. The van der Waals surface area contributed by atoms with Crippen molar-refractivity contribution in [3.63, 3.8) is 0 Å². The molecule has 250 valence electrons. The second-order valence-corrected chi connectivity index (χ2v) is 12.2. The summed E-state index contributed by atoms with van der Waals surface area (Å²) in [4.78, 5) is 0. The van der Waals surface area contributed by atoms with Crippen LogP contribution in [0.15, 0.2) is 121 Å². The molecule has 0 aliphatic heterocycles. The van der Waals surface area contributed by atoms with E-state index in [-0.39, 0.29) is 0 Å². The van der Waals surface area contributed by atoms with Crippen LogP contribution in [0.1, 0.15) is 11.1 Å². The summed E-state index contributed by atoms with van der Waals surface area (Å²) < 4.78 is 134. The Morgan fingerprint density at radius 1 is 0.500 bits per heavy atom. The van der Waals surface area contributed by atoms with E-state index in [9.17, 15) is 47.9 Å². The van der Waals surface area contributed by atoms with Gasteiger partial charge in [0.25, 0.3) is 0 Å². The van der Waals surface area contributed by atoms with Crippen molar-refractivity contribution < 1.29 is 52.5 Å². The molecule has 0 atom stereocenters. The third kappa shape index (κ3) is 5.96. The molecule has 3 nitrogen and oxygen atoms in total. The molecule has 13 heteroatoms. The Morgan fingerprint density at radius 2 is 0.938 bits per heavy atom. The number of benzene rings is 5. The molecule has 1 aliphatic carbocycles. The molecule has 5 aromatic rings. The van der Waals surface area contributed by atoms with Crippen molar-refractivity contribution in [2.75, 3.05) is 0 Å². The minimum atomic E-state index is -7.37. The van der Waals surface area contributed by atoms with Crippen molar-refractivity contribution in [2.24, 2.45) is 0 Å². The van der Waals surface area contributed by atoms with Gasteiger partial charge in [-0.25, -0.2) is 0 Å². The van der Waals surface area contributed by atoms with Gasteiger partial charge in [-0.1, -0.05) is 115 Å². The lowest BCUT2D eigenvalue weighted by Crippen LogP contribution is -2.63. The zero-order valence-electron chi connectivity index (χ0n) is 24.3. The molecule has 0 saturated carbocycles. The molecule has 0 fully saturated rings. The zero-order valence-corrected chi connectivity index (χ0v) is 25.1. The van der Waals surface area contributed by atoms with Crippen LogP contribution in [0.3, 0.4) is 0 Å². The number of hydrogen-bond acceptors (Lipinski definition) is 2. The molecule has 0 radical (unpaired) electrons. The van der Waals surface area contributed by atoms with E-state index in [4.69, 9.17) is 4.55 Å². The minimum absolute atomic E-state index is 0.977. The van der Waals surface area contributed by atoms with Crippen LogP contribution in [0.2, 0.25) is 0 Å². The topological polar surface area (TPSA) is 54.4 Å². The summed E-state index contributed by atoms with van der Waals surface area (Å²) in [6.45, 7) is 0. The van der Waals surface area contributed by atoms with Crippen LogP contribution in [-0.2, 0) is 16.5 Å². The van der Waals surface area contributed by atoms with Gasteiger partial charge in [-0.15, -0.1) is 0 Å². The molecular formula is C35H23F9O3S. The maximum absolute atomic E-state index is 12.2. The lowest BCUT2D eigenvalue weighted by molar-refractivity contribution is -0.382. The van der Waals surface area contributed by atoms with E-state index in [0.29, 0.717) is 0 Å². The molecule has 48 heavy (non-hydrogen) atoms. The second kappa shape index (κ2) is 12.4. The third-order valence-electron chi connectivity index (χ3n) is 7.76. The average Bonchev–Trinajstić information content (AvgIpc) is 3.42. The summed E-state index contributed by atoms with van der Waals surface area (Å²) in [7, 11) is -7.17. The van der Waals surface area contributed by atoms with Crippen molar-refractivity contribution in [3.8, 4) is 44.5 Å². The Morgan fingerprint density at radius 3 is 1.42 bits per heavy atom. The van der Waals surface area contributed by atoms with E-state index in [2.05, 4.69) is 121 Å². The number of rotatable bonds is 6. The maximum atomic E-state index is 12.2. The van der Waals surface area contributed by atoms with Gasteiger partial charge in [-0.2, -0.15) is 47.9 Å². The Balaban J connectivity index is 0.000000228. The SMILES string of the molecule is O=S(=O)(O)C(F)(F)C(F)(F)C(F)(F)C(F)(F)F.c1ccc(-c2cc3c(c(-c4ccccc4)c2-c2ccccc2)Cc2ccccc2-3)cc1. The van der Waals surface area contributed by atoms with Crippen molar-refractivity contribution in [1.82, 2.24) is 0 Å². The first-order valence-corrected chi connectivity index (χ1v) is 15.5. The van der Waals surface area contributed by atoms with E-state index in [0.717, 1.165) is 6.42 Å². The Hall–Kier alpha value is -4.62. The summed E-state index contributed by atoms with van der Waals surface area (Å²) in [5.74, 6) is -14.7. The summed E-state index contributed by atoms with van der Waals surface area (Å²) in [5, 5.41) is -7.00. The van der Waals surface area contributed by atoms with Gasteiger partial charge in [0.05, 0.1) is 0 Å². The molecule has 0 spiro atoms. The predicted octanol–water partition coefficient (Wildman–Crippen LogP) is 10.6. The first kappa shape index (κ1) is 34.7. The van der Waals surface area contributed by atoms with Gasteiger partial charge >= 0.3 is 33.4 Å². The fourth-order valence-corrected chi connectivity index (χ4v) is 5.92. The molecule has 0 bridgehead atoms. The van der Waals surface area contributed by atoms with Crippen LogP contribution in [0.5, 0.6) is 0 Å². The molecule has 5 aromatic carbocycles. The molecule has 0 heterocycles. The first-order valence-electron chi connectivity index (χ1n) is 14.0. The van der Waals surface area contributed by atoms with Gasteiger partial charge in [-0.3, -0.25) is 4.55 Å². The van der Waals surface area contributed by atoms with Crippen LogP contribution in [-0.4, -0.2) is 36.2 Å². The second-order valence-electron chi connectivity index (χ2n) is 10.8. The van der Waals surface area contributed by atoms with Crippen molar-refractivity contribution in [2.45, 2.75) is 29.7 Å². The number of halogens is 9. The van der Waals surface area contributed by atoms with E-state index in [1.807, 2.05) is 0 Å². The van der Waals surface area contributed by atoms with E-state index >= 15 is 0 Å². The third-order valence-corrected chi connectivity index (χ3v) is 8.66. The van der Waals surface area contributed by atoms with Crippen molar-refractivity contribution in [3.05, 3.63) is 132 Å². The number of alkyl halides is 9. The quantitative estimate of drug-likeness (QED) is 0.140. The van der Waals surface area contributed by atoms with Gasteiger partial charge in [0.1, 0.15) is 0 Å². The van der Waals surface area contributed by atoms with Gasteiger partial charge in [0.2, 0.25) is 0 Å². The highest BCUT2D eigenvalue weighted by molar-refractivity contribution is 7.87. The number of fused-ring (bicyclic) bond motifs is 3. The largest absolute Gasteiger partial charge is 0.460 e. The highest BCUT2D eigenvalue weighted by atomic mass is 32.2. The van der Waals surface area contributed by atoms with Gasteiger partial charge in [0, 0.05) is 0 Å². The summed E-state index contributed by atoms with van der Waals surface area (Å²) in [5.41, 5.74) is 13.4. The van der Waals surface area contributed by atoms with E-state index < -0.39 is 33.4 Å². The summed E-state index contributed by atoms with van der Waals surface area (Å²) in [6.07, 6.45) is -6.16. The van der Waals surface area contributed by atoms with Crippen molar-refractivity contribution >= 4 is 10.1 Å². The van der Waals surface area contributed by atoms with Gasteiger partial charge in [0.15, 0.2) is 0 Å². The van der Waals surface area contributed by atoms with Gasteiger partial charge in [-0.05, 0) is 68.1 Å².